The quantitative estimate of drug-likeness (QED) is 0.839. The summed E-state index contributed by atoms with van der Waals surface area (Å²) in [6.07, 6.45) is 0. The monoisotopic (exact) mass is 352 g/mol. The minimum Gasteiger partial charge on any atom is -0.347 e. The molecule has 0 bridgehead atoms. The number of aryl methyl sites for hydroxylation is 1. The van der Waals surface area contributed by atoms with Gasteiger partial charge >= 0.3 is 0 Å². The second kappa shape index (κ2) is 7.25. The average Bonchev–Trinajstić information content (AvgIpc) is 2.89. The summed E-state index contributed by atoms with van der Waals surface area (Å²) >= 11 is 1.60. The lowest BCUT2D eigenvalue weighted by Crippen LogP contribution is -2.30. The van der Waals surface area contributed by atoms with E-state index in [0.29, 0.717) is 12.1 Å². The number of thiophene rings is 1. The van der Waals surface area contributed by atoms with E-state index in [1.165, 1.54) is 24.3 Å². The molecule has 1 amide bonds. The van der Waals surface area contributed by atoms with Gasteiger partial charge in [0.25, 0.3) is 5.91 Å². The van der Waals surface area contributed by atoms with Crippen molar-refractivity contribution < 1.29 is 13.2 Å². The van der Waals surface area contributed by atoms with E-state index in [1.807, 2.05) is 18.4 Å². The molecule has 0 aliphatic rings. The first kappa shape index (κ1) is 17.7. The highest BCUT2D eigenvalue weighted by atomic mass is 32.2. The van der Waals surface area contributed by atoms with Crippen LogP contribution in [0.1, 0.15) is 34.6 Å². The number of benzene rings is 1. The summed E-state index contributed by atoms with van der Waals surface area (Å²) in [5.74, 6) is -0.224. The summed E-state index contributed by atoms with van der Waals surface area (Å²) < 4.78 is 26.6. The molecule has 0 saturated heterocycles. The van der Waals surface area contributed by atoms with E-state index in [2.05, 4.69) is 10.0 Å². The molecule has 124 valence electrons. The van der Waals surface area contributed by atoms with Crippen LogP contribution in [0.5, 0.6) is 0 Å². The third-order valence-electron chi connectivity index (χ3n) is 3.20. The number of hydrogen-bond donors (Lipinski definition) is 2. The Balaban J connectivity index is 2.04. The van der Waals surface area contributed by atoms with Crippen LogP contribution in [0, 0.1) is 6.92 Å². The SMILES string of the molecule is Cc1ccsc1CNC(=O)c1ccc(S(=O)(=O)NC(C)C)cc1. The van der Waals surface area contributed by atoms with Crippen LogP contribution in [-0.2, 0) is 16.6 Å². The van der Waals surface area contributed by atoms with Crippen LogP contribution in [0.15, 0.2) is 40.6 Å². The van der Waals surface area contributed by atoms with E-state index in [-0.39, 0.29) is 16.8 Å². The van der Waals surface area contributed by atoms with E-state index in [1.54, 1.807) is 25.2 Å². The lowest BCUT2D eigenvalue weighted by atomic mass is 10.2. The highest BCUT2D eigenvalue weighted by molar-refractivity contribution is 7.89. The summed E-state index contributed by atoms with van der Waals surface area (Å²) in [4.78, 5) is 13.4. The van der Waals surface area contributed by atoms with E-state index >= 15 is 0 Å². The summed E-state index contributed by atoms with van der Waals surface area (Å²) in [5.41, 5.74) is 1.58. The molecule has 2 aromatic rings. The van der Waals surface area contributed by atoms with E-state index in [4.69, 9.17) is 0 Å². The van der Waals surface area contributed by atoms with Gasteiger partial charge in [-0.1, -0.05) is 0 Å². The fraction of sp³-hybridized carbons (Fsp3) is 0.312. The van der Waals surface area contributed by atoms with Gasteiger partial charge in [0.15, 0.2) is 0 Å². The minimum atomic E-state index is -3.54. The first-order chi connectivity index (χ1) is 10.8. The first-order valence-electron chi connectivity index (χ1n) is 7.23. The molecule has 5 nitrogen and oxygen atoms in total. The van der Waals surface area contributed by atoms with Crippen LogP contribution in [0.2, 0.25) is 0 Å². The molecule has 0 saturated carbocycles. The molecule has 2 rings (SSSR count). The van der Waals surface area contributed by atoms with Crippen LogP contribution < -0.4 is 10.0 Å². The van der Waals surface area contributed by atoms with Crippen LogP contribution in [0.4, 0.5) is 0 Å². The number of nitrogens with one attached hydrogen (secondary N) is 2. The third-order valence-corrected chi connectivity index (χ3v) is 5.89. The van der Waals surface area contributed by atoms with Crippen molar-refractivity contribution in [2.75, 3.05) is 0 Å². The van der Waals surface area contributed by atoms with E-state index in [9.17, 15) is 13.2 Å². The van der Waals surface area contributed by atoms with Crippen LogP contribution in [-0.4, -0.2) is 20.4 Å². The predicted octanol–water partition coefficient (Wildman–Crippen LogP) is 2.67. The Morgan fingerprint density at radius 3 is 2.35 bits per heavy atom. The molecule has 0 spiro atoms. The maximum absolute atomic E-state index is 12.1. The Bertz CT molecular complexity index is 778. The van der Waals surface area contributed by atoms with Crippen molar-refractivity contribution >= 4 is 27.3 Å². The van der Waals surface area contributed by atoms with Crippen molar-refractivity contribution in [2.24, 2.45) is 0 Å². The van der Waals surface area contributed by atoms with Crippen LogP contribution in [0.3, 0.4) is 0 Å². The molecule has 0 aliphatic carbocycles. The van der Waals surface area contributed by atoms with Crippen molar-refractivity contribution in [3.63, 3.8) is 0 Å². The third kappa shape index (κ3) is 4.63. The summed E-state index contributed by atoms with van der Waals surface area (Å²) in [5, 5.41) is 4.82. The lowest BCUT2D eigenvalue weighted by Gasteiger charge is -2.10. The van der Waals surface area contributed by atoms with Gasteiger partial charge in [-0.15, -0.1) is 11.3 Å². The van der Waals surface area contributed by atoms with Gasteiger partial charge < -0.3 is 5.32 Å². The zero-order valence-corrected chi connectivity index (χ0v) is 14.9. The fourth-order valence-electron chi connectivity index (χ4n) is 2.01. The second-order valence-corrected chi connectivity index (χ2v) is 8.22. The Kier molecular flexibility index (Phi) is 5.56. The highest BCUT2D eigenvalue weighted by Gasteiger charge is 2.16. The maximum atomic E-state index is 12.1. The zero-order chi connectivity index (χ0) is 17.0. The van der Waals surface area contributed by atoms with Gasteiger partial charge in [0.05, 0.1) is 11.4 Å². The maximum Gasteiger partial charge on any atom is 0.251 e. The topological polar surface area (TPSA) is 75.3 Å². The molecular weight excluding hydrogens is 332 g/mol. The molecule has 23 heavy (non-hydrogen) atoms. The van der Waals surface area contributed by atoms with Gasteiger partial charge in [0, 0.05) is 16.5 Å². The molecule has 1 aromatic heterocycles. The number of hydrogen-bond acceptors (Lipinski definition) is 4. The number of rotatable bonds is 6. The predicted molar refractivity (Wildman–Crippen MR) is 92.1 cm³/mol. The highest BCUT2D eigenvalue weighted by Crippen LogP contribution is 2.15. The molecule has 1 aromatic carbocycles. The number of carbonyl (C=O) groups excluding carboxylic acids is 1. The number of carbonyl (C=O) groups is 1. The molecule has 0 fully saturated rings. The van der Waals surface area contributed by atoms with Gasteiger partial charge in [-0.25, -0.2) is 13.1 Å². The second-order valence-electron chi connectivity index (χ2n) is 5.51. The van der Waals surface area contributed by atoms with Gasteiger partial charge in [-0.05, 0) is 62.0 Å². The Morgan fingerprint density at radius 2 is 1.83 bits per heavy atom. The van der Waals surface area contributed by atoms with Crippen molar-refractivity contribution in [3.05, 3.63) is 51.7 Å². The van der Waals surface area contributed by atoms with Gasteiger partial charge in [-0.3, -0.25) is 4.79 Å². The smallest absolute Gasteiger partial charge is 0.251 e. The minimum absolute atomic E-state index is 0.150. The number of amides is 1. The zero-order valence-electron chi connectivity index (χ0n) is 13.3. The normalized spacial score (nSPS) is 11.7. The molecule has 2 N–H and O–H groups in total. The lowest BCUT2D eigenvalue weighted by molar-refractivity contribution is 0.0951. The Hall–Kier alpha value is -1.70. The Labute approximate surface area is 140 Å². The fourth-order valence-corrected chi connectivity index (χ4v) is 4.11. The standard InChI is InChI=1S/C16H20N2O3S2/c1-11(2)18-23(20,21)14-6-4-13(5-7-14)16(19)17-10-15-12(3)8-9-22-15/h4-9,11,18H,10H2,1-3H3,(H,17,19). The summed E-state index contributed by atoms with van der Waals surface area (Å²) in [6.45, 7) is 5.98. The molecule has 0 aliphatic heterocycles. The van der Waals surface area contributed by atoms with Crippen molar-refractivity contribution in [3.8, 4) is 0 Å². The molecular formula is C16H20N2O3S2. The van der Waals surface area contributed by atoms with Crippen molar-refractivity contribution in [1.29, 1.82) is 0 Å². The van der Waals surface area contributed by atoms with E-state index in [0.717, 1.165) is 10.4 Å². The van der Waals surface area contributed by atoms with Gasteiger partial charge in [0.1, 0.15) is 0 Å². The van der Waals surface area contributed by atoms with Crippen molar-refractivity contribution in [2.45, 2.75) is 38.3 Å². The summed E-state index contributed by atoms with van der Waals surface area (Å²) in [6, 6.07) is 7.74. The average molecular weight is 352 g/mol. The molecule has 7 heteroatoms. The number of sulfonamides is 1. The van der Waals surface area contributed by atoms with Gasteiger partial charge in [0.2, 0.25) is 10.0 Å². The molecule has 0 atom stereocenters. The molecule has 0 radical (unpaired) electrons. The first-order valence-corrected chi connectivity index (χ1v) is 9.59. The van der Waals surface area contributed by atoms with Crippen molar-refractivity contribution in [1.82, 2.24) is 10.0 Å². The van der Waals surface area contributed by atoms with Gasteiger partial charge in [-0.2, -0.15) is 0 Å². The molecule has 1 heterocycles. The van der Waals surface area contributed by atoms with E-state index < -0.39 is 10.0 Å². The Morgan fingerprint density at radius 1 is 1.17 bits per heavy atom. The largest absolute Gasteiger partial charge is 0.347 e. The van der Waals surface area contributed by atoms with Crippen LogP contribution >= 0.6 is 11.3 Å². The molecule has 0 unspecified atom stereocenters. The summed E-state index contributed by atoms with van der Waals surface area (Å²) in [7, 11) is -3.54. The van der Waals surface area contributed by atoms with Crippen LogP contribution in [0.25, 0.3) is 0 Å².